The van der Waals surface area contributed by atoms with Crippen LogP contribution < -0.4 is 5.32 Å². The van der Waals surface area contributed by atoms with Gasteiger partial charge in [-0.1, -0.05) is 0 Å². The van der Waals surface area contributed by atoms with Crippen molar-refractivity contribution >= 4 is 5.97 Å². The summed E-state index contributed by atoms with van der Waals surface area (Å²) in [5, 5.41) is 11.8. The number of carbonyl (C=O) groups is 1. The summed E-state index contributed by atoms with van der Waals surface area (Å²) in [7, 11) is 5.93. The van der Waals surface area contributed by atoms with Crippen LogP contribution in [0.25, 0.3) is 0 Å². The van der Waals surface area contributed by atoms with Crippen LogP contribution in [-0.4, -0.2) is 73.7 Å². The van der Waals surface area contributed by atoms with Crippen molar-refractivity contribution < 1.29 is 9.90 Å². The van der Waals surface area contributed by atoms with Gasteiger partial charge in [-0.2, -0.15) is 0 Å². The van der Waals surface area contributed by atoms with E-state index < -0.39 is 12.0 Å². The number of carboxylic acid groups (broad SMARTS) is 1. The van der Waals surface area contributed by atoms with Crippen LogP contribution >= 0.6 is 0 Å². The standard InChI is InChI=1S/C12H25N3O2/c1-13-11(12(16)17)6-8-15-7-4-5-10(9-15)14(2)3/h10-11,13H,4-9H2,1-3H3,(H,16,17). The fourth-order valence-corrected chi connectivity index (χ4v) is 2.36. The Kier molecular flexibility index (Phi) is 5.88. The lowest BCUT2D eigenvalue weighted by Crippen LogP contribution is -2.46. The maximum absolute atomic E-state index is 10.9. The molecule has 0 aromatic rings. The van der Waals surface area contributed by atoms with Gasteiger partial charge in [0.15, 0.2) is 0 Å². The molecule has 0 aromatic carbocycles. The van der Waals surface area contributed by atoms with E-state index in [1.165, 1.54) is 12.8 Å². The molecule has 1 fully saturated rings. The Labute approximate surface area is 104 Å². The molecule has 0 amide bonds. The number of likely N-dealkylation sites (N-methyl/N-ethyl adjacent to an activating group) is 2. The molecule has 0 radical (unpaired) electrons. The zero-order valence-electron chi connectivity index (χ0n) is 11.1. The summed E-state index contributed by atoms with van der Waals surface area (Å²) >= 11 is 0. The first kappa shape index (κ1) is 14.4. The molecule has 0 spiro atoms. The lowest BCUT2D eigenvalue weighted by molar-refractivity contribution is -0.139. The topological polar surface area (TPSA) is 55.8 Å². The lowest BCUT2D eigenvalue weighted by atomic mass is 10.0. The smallest absolute Gasteiger partial charge is 0.320 e. The van der Waals surface area contributed by atoms with E-state index in [0.29, 0.717) is 12.5 Å². The number of nitrogens with zero attached hydrogens (tertiary/aromatic N) is 2. The summed E-state index contributed by atoms with van der Waals surface area (Å²) in [5.74, 6) is -0.756. The Morgan fingerprint density at radius 2 is 2.29 bits per heavy atom. The molecule has 0 saturated carbocycles. The van der Waals surface area contributed by atoms with Crippen molar-refractivity contribution in [1.82, 2.24) is 15.1 Å². The summed E-state index contributed by atoms with van der Waals surface area (Å²) in [6.07, 6.45) is 3.13. The number of aliphatic carboxylic acids is 1. The second kappa shape index (κ2) is 6.93. The zero-order valence-corrected chi connectivity index (χ0v) is 11.1. The average Bonchev–Trinajstić information content (AvgIpc) is 2.29. The van der Waals surface area contributed by atoms with E-state index in [9.17, 15) is 4.79 Å². The van der Waals surface area contributed by atoms with Crippen molar-refractivity contribution in [3.63, 3.8) is 0 Å². The number of piperidine rings is 1. The predicted molar refractivity (Wildman–Crippen MR) is 68.2 cm³/mol. The van der Waals surface area contributed by atoms with Gasteiger partial charge in [-0.05, 0) is 47.0 Å². The maximum Gasteiger partial charge on any atom is 0.320 e. The molecule has 1 heterocycles. The van der Waals surface area contributed by atoms with E-state index >= 15 is 0 Å². The van der Waals surface area contributed by atoms with E-state index in [4.69, 9.17) is 5.11 Å². The highest BCUT2D eigenvalue weighted by Gasteiger charge is 2.23. The van der Waals surface area contributed by atoms with Gasteiger partial charge >= 0.3 is 5.97 Å². The van der Waals surface area contributed by atoms with Crippen LogP contribution in [-0.2, 0) is 4.79 Å². The van der Waals surface area contributed by atoms with Gasteiger partial charge in [-0.25, -0.2) is 0 Å². The molecule has 5 heteroatoms. The van der Waals surface area contributed by atoms with Crippen LogP contribution in [0, 0.1) is 0 Å². The highest BCUT2D eigenvalue weighted by atomic mass is 16.4. The van der Waals surface area contributed by atoms with Gasteiger partial charge in [-0.3, -0.25) is 4.79 Å². The van der Waals surface area contributed by atoms with Crippen LogP contribution in [0.15, 0.2) is 0 Å². The molecule has 2 atom stereocenters. The Morgan fingerprint density at radius 1 is 1.59 bits per heavy atom. The van der Waals surface area contributed by atoms with Gasteiger partial charge in [-0.15, -0.1) is 0 Å². The SMILES string of the molecule is CNC(CCN1CCCC(N(C)C)C1)C(=O)O. The quantitative estimate of drug-likeness (QED) is 0.692. The van der Waals surface area contributed by atoms with Crippen LogP contribution in [0.1, 0.15) is 19.3 Å². The minimum Gasteiger partial charge on any atom is -0.480 e. The van der Waals surface area contributed by atoms with Crippen molar-refractivity contribution in [1.29, 1.82) is 0 Å². The van der Waals surface area contributed by atoms with Crippen LogP contribution in [0.4, 0.5) is 0 Å². The monoisotopic (exact) mass is 243 g/mol. The van der Waals surface area contributed by atoms with Crippen molar-refractivity contribution in [2.75, 3.05) is 40.8 Å². The summed E-state index contributed by atoms with van der Waals surface area (Å²) in [6, 6.07) is 0.191. The molecule has 100 valence electrons. The van der Waals surface area contributed by atoms with Crippen molar-refractivity contribution in [2.45, 2.75) is 31.3 Å². The fourth-order valence-electron chi connectivity index (χ4n) is 2.36. The molecule has 0 bridgehead atoms. The second-order valence-electron chi connectivity index (χ2n) is 5.03. The Balaban J connectivity index is 2.33. The first-order valence-corrected chi connectivity index (χ1v) is 6.33. The summed E-state index contributed by atoms with van der Waals surface area (Å²) < 4.78 is 0. The third-order valence-electron chi connectivity index (χ3n) is 3.59. The number of rotatable bonds is 6. The van der Waals surface area contributed by atoms with Crippen LogP contribution in [0.5, 0.6) is 0 Å². The molecule has 1 rings (SSSR count). The van der Waals surface area contributed by atoms with E-state index in [2.05, 4.69) is 29.2 Å². The number of hydrogen-bond acceptors (Lipinski definition) is 4. The molecular formula is C12H25N3O2. The molecule has 1 saturated heterocycles. The number of nitrogens with one attached hydrogen (secondary N) is 1. The van der Waals surface area contributed by atoms with E-state index in [1.54, 1.807) is 7.05 Å². The van der Waals surface area contributed by atoms with Crippen molar-refractivity contribution in [3.8, 4) is 0 Å². The average molecular weight is 243 g/mol. The van der Waals surface area contributed by atoms with E-state index in [1.807, 2.05) is 0 Å². The summed E-state index contributed by atoms with van der Waals surface area (Å²) in [6.45, 7) is 3.02. The Bertz CT molecular complexity index is 246. The maximum atomic E-state index is 10.9. The molecule has 17 heavy (non-hydrogen) atoms. The van der Waals surface area contributed by atoms with Gasteiger partial charge in [0.05, 0.1) is 0 Å². The number of carboxylic acids is 1. The van der Waals surface area contributed by atoms with Crippen molar-refractivity contribution in [2.24, 2.45) is 0 Å². The largest absolute Gasteiger partial charge is 0.480 e. The van der Waals surface area contributed by atoms with Crippen LogP contribution in [0.3, 0.4) is 0 Å². The van der Waals surface area contributed by atoms with E-state index in [-0.39, 0.29) is 0 Å². The molecule has 1 aliphatic rings. The fraction of sp³-hybridized carbons (Fsp3) is 0.917. The highest BCUT2D eigenvalue weighted by molar-refractivity contribution is 5.73. The molecule has 0 aliphatic carbocycles. The minimum absolute atomic E-state index is 0.422. The molecule has 1 aliphatic heterocycles. The first-order valence-electron chi connectivity index (χ1n) is 6.33. The molecule has 2 N–H and O–H groups in total. The lowest BCUT2D eigenvalue weighted by Gasteiger charge is -2.36. The molecule has 5 nitrogen and oxygen atoms in total. The van der Waals surface area contributed by atoms with Gasteiger partial charge in [0.2, 0.25) is 0 Å². The number of likely N-dealkylation sites (tertiary alicyclic amines) is 1. The number of hydrogen-bond donors (Lipinski definition) is 2. The zero-order chi connectivity index (χ0) is 12.8. The highest BCUT2D eigenvalue weighted by Crippen LogP contribution is 2.14. The van der Waals surface area contributed by atoms with Gasteiger partial charge in [0, 0.05) is 19.1 Å². The van der Waals surface area contributed by atoms with Gasteiger partial charge in [0.25, 0.3) is 0 Å². The normalized spacial score (nSPS) is 23.9. The predicted octanol–water partition coefficient (Wildman–Crippen LogP) is 0.0751. The molecule has 0 aromatic heterocycles. The first-order chi connectivity index (χ1) is 8.04. The van der Waals surface area contributed by atoms with Gasteiger partial charge in [0.1, 0.15) is 6.04 Å². The second-order valence-corrected chi connectivity index (χ2v) is 5.03. The van der Waals surface area contributed by atoms with Gasteiger partial charge < -0.3 is 20.2 Å². The Hall–Kier alpha value is -0.650. The third kappa shape index (κ3) is 4.61. The molecule has 2 unspecified atom stereocenters. The van der Waals surface area contributed by atoms with Crippen LogP contribution in [0.2, 0.25) is 0 Å². The third-order valence-corrected chi connectivity index (χ3v) is 3.59. The summed E-state index contributed by atoms with van der Waals surface area (Å²) in [4.78, 5) is 15.5. The minimum atomic E-state index is -0.756. The van der Waals surface area contributed by atoms with Crippen molar-refractivity contribution in [3.05, 3.63) is 0 Å². The Morgan fingerprint density at radius 3 is 2.82 bits per heavy atom. The van der Waals surface area contributed by atoms with E-state index in [0.717, 1.165) is 19.6 Å². The molecular weight excluding hydrogens is 218 g/mol. The summed E-state index contributed by atoms with van der Waals surface area (Å²) in [5.41, 5.74) is 0.